The lowest BCUT2D eigenvalue weighted by Gasteiger charge is -2.08. The van der Waals surface area contributed by atoms with E-state index in [0.717, 1.165) is 5.56 Å². The molecule has 0 bridgehead atoms. The Balaban J connectivity index is 1.58. The van der Waals surface area contributed by atoms with E-state index in [2.05, 4.69) is 10.3 Å². The highest BCUT2D eigenvalue weighted by Crippen LogP contribution is 2.34. The van der Waals surface area contributed by atoms with E-state index in [4.69, 9.17) is 13.9 Å². The van der Waals surface area contributed by atoms with E-state index in [1.807, 2.05) is 17.5 Å². The minimum Gasteiger partial charge on any atom is -0.493 e. The van der Waals surface area contributed by atoms with Gasteiger partial charge in [0.15, 0.2) is 22.4 Å². The predicted octanol–water partition coefficient (Wildman–Crippen LogP) is 5.27. The van der Waals surface area contributed by atoms with Crippen LogP contribution in [0.25, 0.3) is 22.2 Å². The molecule has 0 fully saturated rings. The minimum atomic E-state index is -0.438. The van der Waals surface area contributed by atoms with Crippen molar-refractivity contribution in [1.82, 2.24) is 4.98 Å². The van der Waals surface area contributed by atoms with Crippen molar-refractivity contribution in [3.63, 3.8) is 0 Å². The molecule has 1 N–H and O–H groups in total. The molecule has 1 amide bonds. The monoisotopic (exact) mass is 412 g/mol. The van der Waals surface area contributed by atoms with Gasteiger partial charge in [-0.1, -0.05) is 0 Å². The number of aryl methyl sites for hydroxylation is 1. The van der Waals surface area contributed by atoms with Crippen LogP contribution in [0.1, 0.15) is 16.1 Å². The first-order chi connectivity index (χ1) is 14.0. The van der Waals surface area contributed by atoms with Crippen molar-refractivity contribution in [3.8, 4) is 22.8 Å². The van der Waals surface area contributed by atoms with Gasteiger partial charge in [-0.3, -0.25) is 10.1 Å². The van der Waals surface area contributed by atoms with Gasteiger partial charge in [0.25, 0.3) is 5.91 Å². The van der Waals surface area contributed by atoms with Crippen LogP contribution in [-0.2, 0) is 0 Å². The molecule has 4 rings (SSSR count). The summed E-state index contributed by atoms with van der Waals surface area (Å²) >= 11 is 1.29. The van der Waals surface area contributed by atoms with Gasteiger partial charge in [0.05, 0.1) is 19.9 Å². The van der Waals surface area contributed by atoms with Crippen LogP contribution < -0.4 is 14.8 Å². The summed E-state index contributed by atoms with van der Waals surface area (Å²) in [4.78, 5) is 17.1. The Morgan fingerprint density at radius 3 is 2.69 bits per heavy atom. The summed E-state index contributed by atoms with van der Waals surface area (Å²) in [5.41, 5.74) is 2.55. The Morgan fingerprint density at radius 1 is 1.14 bits per heavy atom. The van der Waals surface area contributed by atoms with Gasteiger partial charge in [-0.05, 0) is 43.3 Å². The van der Waals surface area contributed by atoms with Gasteiger partial charge in [-0.15, -0.1) is 11.3 Å². The molecule has 0 radical (unpaired) electrons. The van der Waals surface area contributed by atoms with Crippen molar-refractivity contribution < 1.29 is 23.1 Å². The highest BCUT2D eigenvalue weighted by Gasteiger charge is 2.19. The SMILES string of the molecule is COc1ccc(-c2csc(NC(=O)c3oc4ccc(F)cc4c3C)n2)cc1OC. The number of hydrogen-bond donors (Lipinski definition) is 1. The lowest BCUT2D eigenvalue weighted by atomic mass is 10.1. The van der Waals surface area contributed by atoms with Crippen molar-refractivity contribution in [2.75, 3.05) is 19.5 Å². The fraction of sp³-hybridized carbons (Fsp3) is 0.143. The van der Waals surface area contributed by atoms with Crippen molar-refractivity contribution >= 4 is 33.3 Å². The molecule has 6 nitrogen and oxygen atoms in total. The molecule has 0 aliphatic heterocycles. The smallest absolute Gasteiger partial charge is 0.293 e. The number of benzene rings is 2. The van der Waals surface area contributed by atoms with E-state index in [-0.39, 0.29) is 11.6 Å². The molecule has 29 heavy (non-hydrogen) atoms. The molecule has 8 heteroatoms. The largest absolute Gasteiger partial charge is 0.493 e. The number of rotatable bonds is 5. The van der Waals surface area contributed by atoms with E-state index in [1.165, 1.54) is 29.5 Å². The number of nitrogens with one attached hydrogen (secondary N) is 1. The molecule has 4 aromatic rings. The van der Waals surface area contributed by atoms with Crippen LogP contribution >= 0.6 is 11.3 Å². The second-order valence-electron chi connectivity index (χ2n) is 6.26. The minimum absolute atomic E-state index is 0.133. The predicted molar refractivity (Wildman–Crippen MR) is 110 cm³/mol. The third-order valence-electron chi connectivity index (χ3n) is 4.51. The summed E-state index contributed by atoms with van der Waals surface area (Å²) in [6, 6.07) is 9.62. The van der Waals surface area contributed by atoms with Crippen molar-refractivity contribution in [2.24, 2.45) is 0 Å². The third-order valence-corrected chi connectivity index (χ3v) is 5.27. The highest BCUT2D eigenvalue weighted by atomic mass is 32.1. The number of nitrogens with zero attached hydrogens (tertiary/aromatic N) is 1. The van der Waals surface area contributed by atoms with E-state index in [0.29, 0.717) is 38.9 Å². The average molecular weight is 412 g/mol. The van der Waals surface area contributed by atoms with E-state index in [9.17, 15) is 9.18 Å². The summed E-state index contributed by atoms with van der Waals surface area (Å²) in [6.07, 6.45) is 0. The van der Waals surface area contributed by atoms with Crippen LogP contribution in [0.2, 0.25) is 0 Å². The number of furan rings is 1. The Labute approximate surface area is 169 Å². The number of carbonyl (C=O) groups excluding carboxylic acids is 1. The van der Waals surface area contributed by atoms with E-state index >= 15 is 0 Å². The van der Waals surface area contributed by atoms with Crippen LogP contribution in [0, 0.1) is 12.7 Å². The number of carbonyl (C=O) groups is 1. The van der Waals surface area contributed by atoms with Crippen molar-refractivity contribution in [2.45, 2.75) is 6.92 Å². The number of amides is 1. The number of thiazole rings is 1. The Hall–Kier alpha value is -3.39. The average Bonchev–Trinajstić information content (AvgIpc) is 3.32. The summed E-state index contributed by atoms with van der Waals surface area (Å²) < 4.78 is 29.6. The Morgan fingerprint density at radius 2 is 1.93 bits per heavy atom. The van der Waals surface area contributed by atoms with Crippen LogP contribution in [0.3, 0.4) is 0 Å². The molecule has 2 aromatic carbocycles. The number of methoxy groups -OCH3 is 2. The summed E-state index contributed by atoms with van der Waals surface area (Å²) in [6.45, 7) is 1.72. The number of aromatic nitrogens is 1. The normalized spacial score (nSPS) is 10.9. The van der Waals surface area contributed by atoms with Crippen LogP contribution in [-0.4, -0.2) is 25.1 Å². The van der Waals surface area contributed by atoms with Gasteiger partial charge >= 0.3 is 0 Å². The Bertz CT molecular complexity index is 1210. The zero-order valence-corrected chi connectivity index (χ0v) is 16.7. The maximum atomic E-state index is 13.5. The maximum absolute atomic E-state index is 13.5. The molecule has 0 saturated heterocycles. The molecule has 148 valence electrons. The lowest BCUT2D eigenvalue weighted by molar-refractivity contribution is 0.0998. The third kappa shape index (κ3) is 3.54. The maximum Gasteiger partial charge on any atom is 0.293 e. The topological polar surface area (TPSA) is 73.6 Å². The molecule has 2 aromatic heterocycles. The van der Waals surface area contributed by atoms with E-state index < -0.39 is 5.91 Å². The highest BCUT2D eigenvalue weighted by molar-refractivity contribution is 7.14. The molecular formula is C21H17FN2O4S. The second-order valence-corrected chi connectivity index (χ2v) is 7.12. The van der Waals surface area contributed by atoms with Gasteiger partial charge in [-0.25, -0.2) is 9.37 Å². The fourth-order valence-electron chi connectivity index (χ4n) is 3.02. The zero-order chi connectivity index (χ0) is 20.5. The number of halogens is 1. The molecule has 0 unspecified atom stereocenters. The molecule has 0 atom stereocenters. The molecule has 0 aliphatic carbocycles. The number of anilines is 1. The summed E-state index contributed by atoms with van der Waals surface area (Å²) in [5.74, 6) is 0.527. The number of hydrogen-bond acceptors (Lipinski definition) is 6. The van der Waals surface area contributed by atoms with Gasteiger partial charge in [0.2, 0.25) is 0 Å². The Kier molecular flexibility index (Phi) is 4.94. The van der Waals surface area contributed by atoms with Crippen LogP contribution in [0.15, 0.2) is 46.2 Å². The lowest BCUT2D eigenvalue weighted by Crippen LogP contribution is -2.11. The first kappa shape index (κ1) is 18.9. The van der Waals surface area contributed by atoms with Crippen molar-refractivity contribution in [1.29, 1.82) is 0 Å². The van der Waals surface area contributed by atoms with Crippen LogP contribution in [0.4, 0.5) is 9.52 Å². The molecular weight excluding hydrogens is 395 g/mol. The van der Waals surface area contributed by atoms with E-state index in [1.54, 1.807) is 27.2 Å². The standard InChI is InChI=1S/C21H17FN2O4S/c1-11-14-9-13(22)5-7-16(14)28-19(11)20(25)24-21-23-15(10-29-21)12-4-6-17(26-2)18(8-12)27-3/h4-10H,1-3H3,(H,23,24,25). The first-order valence-electron chi connectivity index (χ1n) is 8.68. The molecule has 2 heterocycles. The van der Waals surface area contributed by atoms with Gasteiger partial charge in [-0.2, -0.15) is 0 Å². The van der Waals surface area contributed by atoms with Gasteiger partial charge < -0.3 is 13.9 Å². The van der Waals surface area contributed by atoms with Gasteiger partial charge in [0.1, 0.15) is 11.4 Å². The molecule has 0 spiro atoms. The second kappa shape index (κ2) is 7.56. The number of fused-ring (bicyclic) bond motifs is 1. The zero-order valence-electron chi connectivity index (χ0n) is 15.9. The molecule has 0 saturated carbocycles. The molecule has 0 aliphatic rings. The first-order valence-corrected chi connectivity index (χ1v) is 9.56. The van der Waals surface area contributed by atoms with Gasteiger partial charge in [0, 0.05) is 21.9 Å². The number of ether oxygens (including phenoxy) is 2. The summed E-state index contributed by atoms with van der Waals surface area (Å²) in [7, 11) is 3.14. The van der Waals surface area contributed by atoms with Crippen LogP contribution in [0.5, 0.6) is 11.5 Å². The van der Waals surface area contributed by atoms with Crippen molar-refractivity contribution in [3.05, 3.63) is 58.9 Å². The summed E-state index contributed by atoms with van der Waals surface area (Å²) in [5, 5.41) is 5.56. The quantitative estimate of drug-likeness (QED) is 0.483. The fourth-order valence-corrected chi connectivity index (χ4v) is 3.74.